The Hall–Kier alpha value is -1.26. The molecule has 1 fully saturated rings. The van der Waals surface area contributed by atoms with Crippen molar-refractivity contribution in [3.63, 3.8) is 0 Å². The van der Waals surface area contributed by atoms with Crippen molar-refractivity contribution in [3.05, 3.63) is 23.8 Å². The van der Waals surface area contributed by atoms with Crippen LogP contribution in [0.15, 0.2) is 18.2 Å². The Morgan fingerprint density at radius 1 is 1.19 bits per heavy atom. The summed E-state index contributed by atoms with van der Waals surface area (Å²) in [5, 5.41) is 3.49. The van der Waals surface area contributed by atoms with Gasteiger partial charge < -0.3 is 19.5 Å². The maximum atomic E-state index is 6.12. The molecule has 0 spiro atoms. The lowest BCUT2D eigenvalue weighted by Crippen LogP contribution is -2.35. The van der Waals surface area contributed by atoms with Crippen molar-refractivity contribution >= 4 is 0 Å². The van der Waals surface area contributed by atoms with Crippen LogP contribution < -0.4 is 14.8 Å². The Labute approximate surface area is 127 Å². The molecule has 21 heavy (non-hydrogen) atoms. The van der Waals surface area contributed by atoms with Crippen LogP contribution in [-0.4, -0.2) is 32.0 Å². The van der Waals surface area contributed by atoms with E-state index in [1.165, 1.54) is 5.56 Å². The average molecular weight is 293 g/mol. The molecule has 0 aromatic heterocycles. The molecule has 0 amide bonds. The molecule has 1 aliphatic heterocycles. The summed E-state index contributed by atoms with van der Waals surface area (Å²) < 4.78 is 16.9. The molecule has 1 aliphatic rings. The highest BCUT2D eigenvalue weighted by molar-refractivity contribution is 5.43. The summed E-state index contributed by atoms with van der Waals surface area (Å²) in [4.78, 5) is 0. The Morgan fingerprint density at radius 3 is 2.52 bits per heavy atom. The first-order chi connectivity index (χ1) is 9.98. The molecule has 0 saturated carbocycles. The fourth-order valence-corrected chi connectivity index (χ4v) is 2.26. The van der Waals surface area contributed by atoms with E-state index in [0.29, 0.717) is 0 Å². The third-order valence-corrected chi connectivity index (χ3v) is 3.51. The summed E-state index contributed by atoms with van der Waals surface area (Å²) in [6, 6.07) is 6.13. The van der Waals surface area contributed by atoms with Gasteiger partial charge in [-0.25, -0.2) is 0 Å². The first kappa shape index (κ1) is 16.1. The summed E-state index contributed by atoms with van der Waals surface area (Å²) in [5.74, 6) is 1.62. The summed E-state index contributed by atoms with van der Waals surface area (Å²) in [5.41, 5.74) is 1.30. The van der Waals surface area contributed by atoms with Crippen molar-refractivity contribution in [2.24, 2.45) is 0 Å². The molecule has 0 atom stereocenters. The second-order valence-electron chi connectivity index (χ2n) is 6.52. The number of hydrogen-bond acceptors (Lipinski definition) is 4. The van der Waals surface area contributed by atoms with Gasteiger partial charge in [0.15, 0.2) is 11.5 Å². The zero-order valence-electron chi connectivity index (χ0n) is 13.6. The number of ether oxygens (including phenoxy) is 3. The van der Waals surface area contributed by atoms with Gasteiger partial charge in [0.1, 0.15) is 6.10 Å². The normalized spacial score (nSPS) is 16.8. The molecule has 1 heterocycles. The minimum atomic E-state index is 0.0989. The maximum absolute atomic E-state index is 6.12. The third-order valence-electron chi connectivity index (χ3n) is 3.51. The van der Waals surface area contributed by atoms with Gasteiger partial charge in [0, 0.05) is 24.9 Å². The van der Waals surface area contributed by atoms with E-state index in [-0.39, 0.29) is 11.6 Å². The van der Waals surface area contributed by atoms with Crippen molar-refractivity contribution in [1.29, 1.82) is 0 Å². The highest BCUT2D eigenvalue weighted by Gasteiger charge is 2.18. The van der Waals surface area contributed by atoms with E-state index in [9.17, 15) is 0 Å². The van der Waals surface area contributed by atoms with Crippen molar-refractivity contribution in [1.82, 2.24) is 5.32 Å². The standard InChI is InChI=1S/C17H27NO3/c1-17(2,3)18-12-13-5-6-15(19-4)16(11-13)21-14-7-9-20-10-8-14/h5-6,11,14,18H,7-10,12H2,1-4H3. The number of nitrogens with one attached hydrogen (secondary N) is 1. The number of rotatable bonds is 5. The van der Waals surface area contributed by atoms with Gasteiger partial charge in [0.2, 0.25) is 0 Å². The summed E-state index contributed by atoms with van der Waals surface area (Å²) >= 11 is 0. The van der Waals surface area contributed by atoms with E-state index >= 15 is 0 Å². The topological polar surface area (TPSA) is 39.7 Å². The van der Waals surface area contributed by atoms with E-state index in [1.54, 1.807) is 7.11 Å². The zero-order chi connectivity index (χ0) is 15.3. The zero-order valence-corrected chi connectivity index (χ0v) is 13.6. The van der Waals surface area contributed by atoms with Gasteiger partial charge >= 0.3 is 0 Å². The molecular weight excluding hydrogens is 266 g/mol. The van der Waals surface area contributed by atoms with Gasteiger partial charge in [0.25, 0.3) is 0 Å². The molecule has 0 aliphatic carbocycles. The SMILES string of the molecule is COc1ccc(CNC(C)(C)C)cc1OC1CCOCC1. The lowest BCUT2D eigenvalue weighted by atomic mass is 10.1. The van der Waals surface area contributed by atoms with E-state index in [2.05, 4.69) is 38.2 Å². The minimum absolute atomic E-state index is 0.0989. The molecule has 1 saturated heterocycles. The van der Waals surface area contributed by atoms with Crippen LogP contribution in [0.4, 0.5) is 0 Å². The maximum Gasteiger partial charge on any atom is 0.161 e. The van der Waals surface area contributed by atoms with Crippen LogP contribution in [-0.2, 0) is 11.3 Å². The Morgan fingerprint density at radius 2 is 1.90 bits per heavy atom. The van der Waals surface area contributed by atoms with Crippen LogP contribution in [0.5, 0.6) is 11.5 Å². The van der Waals surface area contributed by atoms with Gasteiger partial charge in [-0.3, -0.25) is 0 Å². The third kappa shape index (κ3) is 5.21. The molecule has 118 valence electrons. The number of hydrogen-bond donors (Lipinski definition) is 1. The second-order valence-corrected chi connectivity index (χ2v) is 6.52. The van der Waals surface area contributed by atoms with Crippen LogP contribution in [0.25, 0.3) is 0 Å². The van der Waals surface area contributed by atoms with Crippen LogP contribution in [0, 0.1) is 0 Å². The highest BCUT2D eigenvalue weighted by atomic mass is 16.5. The fraction of sp³-hybridized carbons (Fsp3) is 0.647. The van der Waals surface area contributed by atoms with Crippen molar-refractivity contribution in [3.8, 4) is 11.5 Å². The lowest BCUT2D eigenvalue weighted by molar-refractivity contribution is 0.0245. The monoisotopic (exact) mass is 293 g/mol. The van der Waals surface area contributed by atoms with Gasteiger partial charge in [-0.1, -0.05) is 6.07 Å². The molecule has 1 N–H and O–H groups in total. The second kappa shape index (κ2) is 7.14. The Balaban J connectivity index is 2.06. The number of methoxy groups -OCH3 is 1. The smallest absolute Gasteiger partial charge is 0.161 e. The van der Waals surface area contributed by atoms with Crippen LogP contribution in [0.2, 0.25) is 0 Å². The van der Waals surface area contributed by atoms with Crippen LogP contribution in [0.3, 0.4) is 0 Å². The van der Waals surface area contributed by atoms with E-state index < -0.39 is 0 Å². The minimum Gasteiger partial charge on any atom is -0.493 e. The summed E-state index contributed by atoms with van der Waals surface area (Å²) in [7, 11) is 1.68. The summed E-state index contributed by atoms with van der Waals surface area (Å²) in [6.45, 7) is 8.86. The van der Waals surface area contributed by atoms with E-state index in [1.807, 2.05) is 6.07 Å². The predicted octanol–water partition coefficient (Wildman–Crippen LogP) is 3.14. The number of benzene rings is 1. The molecule has 0 bridgehead atoms. The van der Waals surface area contributed by atoms with Gasteiger partial charge in [0.05, 0.1) is 20.3 Å². The first-order valence-electron chi connectivity index (χ1n) is 7.64. The molecule has 1 aromatic rings. The van der Waals surface area contributed by atoms with Gasteiger partial charge in [-0.05, 0) is 38.5 Å². The summed E-state index contributed by atoms with van der Waals surface area (Å²) in [6.07, 6.45) is 2.10. The molecule has 2 rings (SSSR count). The predicted molar refractivity (Wildman–Crippen MR) is 84.1 cm³/mol. The van der Waals surface area contributed by atoms with Gasteiger partial charge in [-0.15, -0.1) is 0 Å². The Kier molecular flexibility index (Phi) is 5.48. The van der Waals surface area contributed by atoms with Crippen molar-refractivity contribution < 1.29 is 14.2 Å². The first-order valence-corrected chi connectivity index (χ1v) is 7.64. The van der Waals surface area contributed by atoms with Crippen LogP contribution in [0.1, 0.15) is 39.2 Å². The molecule has 4 nitrogen and oxygen atoms in total. The largest absolute Gasteiger partial charge is 0.493 e. The molecular formula is C17H27NO3. The van der Waals surface area contributed by atoms with Crippen molar-refractivity contribution in [2.75, 3.05) is 20.3 Å². The lowest BCUT2D eigenvalue weighted by Gasteiger charge is -2.25. The highest BCUT2D eigenvalue weighted by Crippen LogP contribution is 2.30. The molecule has 0 unspecified atom stereocenters. The van der Waals surface area contributed by atoms with Crippen molar-refractivity contribution in [2.45, 2.75) is 51.8 Å². The molecule has 0 radical (unpaired) electrons. The fourth-order valence-electron chi connectivity index (χ4n) is 2.26. The average Bonchev–Trinajstić information content (AvgIpc) is 2.46. The molecule has 1 aromatic carbocycles. The molecule has 4 heteroatoms. The Bertz CT molecular complexity index is 448. The van der Waals surface area contributed by atoms with Gasteiger partial charge in [-0.2, -0.15) is 0 Å². The van der Waals surface area contributed by atoms with E-state index in [4.69, 9.17) is 14.2 Å². The van der Waals surface area contributed by atoms with E-state index in [0.717, 1.165) is 44.1 Å². The quantitative estimate of drug-likeness (QED) is 0.905. The van der Waals surface area contributed by atoms with Crippen LogP contribution >= 0.6 is 0 Å².